The molecule has 2 amide bonds. The van der Waals surface area contributed by atoms with Gasteiger partial charge in [0.25, 0.3) is 0 Å². The van der Waals surface area contributed by atoms with Crippen LogP contribution in [0.4, 0.5) is 9.18 Å². The Balaban J connectivity index is 1.87. The monoisotopic (exact) mass is 316 g/mol. The first-order valence-corrected chi connectivity index (χ1v) is 7.34. The van der Waals surface area contributed by atoms with Gasteiger partial charge >= 0.3 is 6.03 Å². The molecule has 0 heterocycles. The van der Waals surface area contributed by atoms with E-state index in [0.717, 1.165) is 12.0 Å². The number of hydrogen-bond acceptors (Lipinski definition) is 3. The summed E-state index contributed by atoms with van der Waals surface area (Å²) in [6.07, 6.45) is 2.16. The molecule has 0 atom stereocenters. The van der Waals surface area contributed by atoms with Crippen LogP contribution in [0.5, 0.6) is 11.5 Å². The number of rotatable bonds is 4. The molecule has 0 radical (unpaired) electrons. The topological polar surface area (TPSA) is 75.8 Å². The molecule has 0 spiro atoms. The van der Waals surface area contributed by atoms with E-state index >= 15 is 0 Å². The lowest BCUT2D eigenvalue weighted by Crippen LogP contribution is -2.53. The minimum absolute atomic E-state index is 0.336. The van der Waals surface area contributed by atoms with Gasteiger partial charge in [-0.1, -0.05) is 12.1 Å². The highest BCUT2D eigenvalue weighted by Crippen LogP contribution is 2.46. The highest BCUT2D eigenvalue weighted by Gasteiger charge is 2.46. The second kappa shape index (κ2) is 5.89. The lowest BCUT2D eigenvalue weighted by atomic mass is 9.71. The average Bonchev–Trinajstić information content (AvgIpc) is 2.49. The number of amides is 2. The van der Waals surface area contributed by atoms with Crippen LogP contribution in [0.3, 0.4) is 0 Å². The summed E-state index contributed by atoms with van der Waals surface area (Å²) < 4.78 is 18.6. The van der Waals surface area contributed by atoms with Crippen LogP contribution in [0.25, 0.3) is 0 Å². The molecule has 0 bridgehead atoms. The number of carbonyl (C=O) groups is 1. The summed E-state index contributed by atoms with van der Waals surface area (Å²) in [5.74, 6) is 0.706. The van der Waals surface area contributed by atoms with Crippen LogP contribution in [0.15, 0.2) is 48.5 Å². The molecule has 1 fully saturated rings. The van der Waals surface area contributed by atoms with Crippen LogP contribution in [0.1, 0.15) is 24.8 Å². The van der Waals surface area contributed by atoms with Crippen molar-refractivity contribution in [3.63, 3.8) is 0 Å². The van der Waals surface area contributed by atoms with E-state index in [9.17, 15) is 14.4 Å². The van der Waals surface area contributed by atoms with Crippen molar-refractivity contribution in [3.8, 4) is 11.5 Å². The molecule has 2 aromatic carbocycles. The summed E-state index contributed by atoms with van der Waals surface area (Å²) in [4.78, 5) is 11.4. The summed E-state index contributed by atoms with van der Waals surface area (Å²) in [5, 5.41) is 10.6. The van der Waals surface area contributed by atoms with Gasteiger partial charge in [-0.05, 0) is 61.2 Å². The molecule has 0 aromatic heterocycles. The van der Waals surface area contributed by atoms with Gasteiger partial charge in [-0.2, -0.15) is 5.06 Å². The standard InChI is InChI=1S/C17H17FN2O3/c18-13-5-7-14(8-6-13)23-15-4-1-3-12(11-15)17(9-2-10-17)20(22)16(19)21/h1,3-8,11,22H,2,9-10H2,(H2,19,21). The number of nitrogens with two attached hydrogens (primary N) is 1. The molecule has 1 aliphatic carbocycles. The van der Waals surface area contributed by atoms with Crippen molar-refractivity contribution in [3.05, 3.63) is 59.9 Å². The third-order valence-electron chi connectivity index (χ3n) is 4.22. The molecule has 2 aromatic rings. The van der Waals surface area contributed by atoms with E-state index in [1.807, 2.05) is 6.07 Å². The number of carbonyl (C=O) groups excluding carboxylic acids is 1. The lowest BCUT2D eigenvalue weighted by molar-refractivity contribution is -0.159. The number of halogens is 1. The van der Waals surface area contributed by atoms with Gasteiger partial charge in [0.05, 0.1) is 5.54 Å². The first-order chi connectivity index (χ1) is 11.0. The van der Waals surface area contributed by atoms with Crippen LogP contribution in [-0.2, 0) is 5.54 Å². The molecular weight excluding hydrogens is 299 g/mol. The number of nitrogens with zero attached hydrogens (tertiary/aromatic N) is 1. The second-order valence-corrected chi connectivity index (χ2v) is 5.62. The van der Waals surface area contributed by atoms with Crippen molar-refractivity contribution in [2.45, 2.75) is 24.8 Å². The first-order valence-electron chi connectivity index (χ1n) is 7.34. The van der Waals surface area contributed by atoms with Crippen LogP contribution in [0, 0.1) is 5.82 Å². The van der Waals surface area contributed by atoms with E-state index in [1.165, 1.54) is 24.3 Å². The molecule has 3 rings (SSSR count). The fraction of sp³-hybridized carbons (Fsp3) is 0.235. The van der Waals surface area contributed by atoms with Gasteiger partial charge in [0.2, 0.25) is 0 Å². The Morgan fingerprint density at radius 3 is 2.43 bits per heavy atom. The zero-order valence-corrected chi connectivity index (χ0v) is 12.4. The molecule has 5 nitrogen and oxygen atoms in total. The van der Waals surface area contributed by atoms with Gasteiger partial charge in [0.1, 0.15) is 17.3 Å². The van der Waals surface area contributed by atoms with Crippen LogP contribution < -0.4 is 10.5 Å². The Bertz CT molecular complexity index is 714. The molecular formula is C17H17FN2O3. The van der Waals surface area contributed by atoms with Crippen molar-refractivity contribution in [2.24, 2.45) is 5.73 Å². The van der Waals surface area contributed by atoms with E-state index in [1.54, 1.807) is 18.2 Å². The number of benzene rings is 2. The highest BCUT2D eigenvalue weighted by molar-refractivity contribution is 5.72. The number of primary amides is 1. The Morgan fingerprint density at radius 2 is 1.87 bits per heavy atom. The van der Waals surface area contributed by atoms with Crippen molar-refractivity contribution >= 4 is 6.03 Å². The van der Waals surface area contributed by atoms with Gasteiger partial charge in [-0.3, -0.25) is 5.21 Å². The van der Waals surface area contributed by atoms with Crippen molar-refractivity contribution in [1.82, 2.24) is 5.06 Å². The Morgan fingerprint density at radius 1 is 1.17 bits per heavy atom. The Labute approximate surface area is 133 Å². The zero-order chi connectivity index (χ0) is 16.4. The third-order valence-corrected chi connectivity index (χ3v) is 4.22. The smallest absolute Gasteiger partial charge is 0.339 e. The highest BCUT2D eigenvalue weighted by atomic mass is 19.1. The molecule has 0 unspecified atom stereocenters. The molecule has 0 aliphatic heterocycles. The van der Waals surface area contributed by atoms with Gasteiger partial charge in [-0.15, -0.1) is 0 Å². The lowest BCUT2D eigenvalue weighted by Gasteiger charge is -2.46. The van der Waals surface area contributed by atoms with Crippen LogP contribution >= 0.6 is 0 Å². The summed E-state index contributed by atoms with van der Waals surface area (Å²) in [7, 11) is 0. The fourth-order valence-corrected chi connectivity index (χ4v) is 2.83. The van der Waals surface area contributed by atoms with Gasteiger partial charge in [-0.25, -0.2) is 9.18 Å². The van der Waals surface area contributed by atoms with Crippen molar-refractivity contribution < 1.29 is 19.1 Å². The molecule has 6 heteroatoms. The predicted molar refractivity (Wildman–Crippen MR) is 81.7 cm³/mol. The summed E-state index contributed by atoms with van der Waals surface area (Å²) in [6.45, 7) is 0. The number of hydrogen-bond donors (Lipinski definition) is 2. The average molecular weight is 316 g/mol. The number of ether oxygens (including phenoxy) is 1. The van der Waals surface area contributed by atoms with E-state index in [4.69, 9.17) is 10.5 Å². The number of hydroxylamine groups is 2. The fourth-order valence-electron chi connectivity index (χ4n) is 2.83. The van der Waals surface area contributed by atoms with Crippen LogP contribution in [0.2, 0.25) is 0 Å². The first kappa shape index (κ1) is 15.3. The summed E-state index contributed by atoms with van der Waals surface area (Å²) >= 11 is 0. The summed E-state index contributed by atoms with van der Waals surface area (Å²) in [6, 6.07) is 11.9. The molecule has 3 N–H and O–H groups in total. The van der Waals surface area contributed by atoms with E-state index in [-0.39, 0.29) is 5.82 Å². The van der Waals surface area contributed by atoms with Crippen LogP contribution in [-0.4, -0.2) is 16.3 Å². The molecule has 1 aliphatic rings. The third kappa shape index (κ3) is 2.85. The molecule has 0 saturated heterocycles. The quantitative estimate of drug-likeness (QED) is 0.666. The zero-order valence-electron chi connectivity index (χ0n) is 12.4. The minimum atomic E-state index is -0.880. The summed E-state index contributed by atoms with van der Waals surface area (Å²) in [5.41, 5.74) is 5.17. The van der Waals surface area contributed by atoms with E-state index < -0.39 is 11.6 Å². The van der Waals surface area contributed by atoms with Gasteiger partial charge < -0.3 is 10.5 Å². The van der Waals surface area contributed by atoms with Crippen molar-refractivity contribution in [2.75, 3.05) is 0 Å². The molecule has 120 valence electrons. The maximum Gasteiger partial charge on any atom is 0.339 e. The second-order valence-electron chi connectivity index (χ2n) is 5.62. The number of urea groups is 1. The van der Waals surface area contributed by atoms with Gasteiger partial charge in [0.15, 0.2) is 0 Å². The molecule has 1 saturated carbocycles. The molecule has 23 heavy (non-hydrogen) atoms. The largest absolute Gasteiger partial charge is 0.457 e. The maximum absolute atomic E-state index is 12.9. The Kier molecular flexibility index (Phi) is 3.92. The Hall–Kier alpha value is -2.60. The normalized spacial score (nSPS) is 15.6. The van der Waals surface area contributed by atoms with Gasteiger partial charge in [0, 0.05) is 0 Å². The van der Waals surface area contributed by atoms with Crippen molar-refractivity contribution in [1.29, 1.82) is 0 Å². The SMILES string of the molecule is NC(=O)N(O)C1(c2cccc(Oc3ccc(F)cc3)c2)CCC1. The minimum Gasteiger partial charge on any atom is -0.457 e. The van der Waals surface area contributed by atoms with E-state index in [2.05, 4.69) is 0 Å². The predicted octanol–water partition coefficient (Wildman–Crippen LogP) is 3.77. The maximum atomic E-state index is 12.9. The van der Waals surface area contributed by atoms with E-state index in [0.29, 0.717) is 29.4 Å².